The first-order chi connectivity index (χ1) is 11.3. The van der Waals surface area contributed by atoms with Crippen molar-refractivity contribution in [1.29, 1.82) is 0 Å². The molecule has 2 aromatic heterocycles. The Morgan fingerprint density at radius 3 is 2.13 bits per heavy atom. The Morgan fingerprint density at radius 2 is 1.30 bits per heavy atom. The van der Waals surface area contributed by atoms with E-state index in [-0.39, 0.29) is 0 Å². The summed E-state index contributed by atoms with van der Waals surface area (Å²) in [5, 5.41) is 10.9. The number of fused-ring (bicyclic) bond motifs is 1. The van der Waals surface area contributed by atoms with E-state index in [0.717, 1.165) is 0 Å². The lowest BCUT2D eigenvalue weighted by Crippen LogP contribution is -2.21. The van der Waals surface area contributed by atoms with E-state index >= 15 is 0 Å². The number of aromatic nitrogens is 1. The Balaban J connectivity index is 2.21. The molecule has 0 fully saturated rings. The smallest absolute Gasteiger partial charge is 0.166 e. The maximum Gasteiger partial charge on any atom is 0.227 e. The van der Waals surface area contributed by atoms with E-state index < -0.39 is 0 Å². The second-order valence-corrected chi connectivity index (χ2v) is 6.54. The zero-order chi connectivity index (χ0) is 15.1. The maximum atomic E-state index is 2.28. The van der Waals surface area contributed by atoms with Gasteiger partial charge in [0.2, 0.25) is 5.52 Å². The van der Waals surface area contributed by atoms with Crippen molar-refractivity contribution in [1.82, 2.24) is 0 Å². The van der Waals surface area contributed by atoms with Crippen molar-refractivity contribution in [2.75, 3.05) is 0 Å². The quantitative estimate of drug-likeness (QED) is 0.205. The van der Waals surface area contributed by atoms with Crippen molar-refractivity contribution < 1.29 is 4.40 Å². The number of hydrogen-bond donors (Lipinski definition) is 0. The first kappa shape index (κ1) is 11.6. The summed E-state index contributed by atoms with van der Waals surface area (Å²) in [6, 6.07) is 20.2. The average Bonchev–Trinajstić information content (AvgIpc) is 2.60. The van der Waals surface area contributed by atoms with Gasteiger partial charge >= 0.3 is 0 Å². The highest BCUT2D eigenvalue weighted by Crippen LogP contribution is 2.41. The molecular weight excluding hydrogens is 278 g/mol. The van der Waals surface area contributed by atoms with Crippen molar-refractivity contribution in [2.24, 2.45) is 0 Å². The normalized spacial score (nSPS) is 12.6. The molecule has 4 aromatic carbocycles. The van der Waals surface area contributed by atoms with Crippen LogP contribution in [0.15, 0.2) is 67.0 Å². The van der Waals surface area contributed by atoms with Crippen molar-refractivity contribution in [3.63, 3.8) is 0 Å². The number of aryl methyl sites for hydroxylation is 1. The van der Waals surface area contributed by atoms with E-state index in [1.165, 1.54) is 54.2 Å². The molecule has 2 heterocycles. The van der Waals surface area contributed by atoms with Gasteiger partial charge in [0.1, 0.15) is 0 Å². The number of nitrogens with zero attached hydrogens (tertiary/aromatic N) is 1. The predicted octanol–water partition coefficient (Wildman–Crippen LogP) is 5.22. The molecule has 0 amide bonds. The Morgan fingerprint density at radius 1 is 0.609 bits per heavy atom. The van der Waals surface area contributed by atoms with E-state index in [1.807, 2.05) is 0 Å². The minimum Gasteiger partial charge on any atom is -0.166 e. The van der Waals surface area contributed by atoms with Crippen LogP contribution in [0, 0.1) is 6.92 Å². The van der Waals surface area contributed by atoms with Crippen LogP contribution in [0.2, 0.25) is 0 Å². The van der Waals surface area contributed by atoms with Gasteiger partial charge in [-0.15, -0.1) is 0 Å². The highest BCUT2D eigenvalue weighted by atomic mass is 14.8. The Labute approximate surface area is 133 Å². The summed E-state index contributed by atoms with van der Waals surface area (Å²) in [4.78, 5) is 0. The Kier molecular flexibility index (Phi) is 1.86. The van der Waals surface area contributed by atoms with Crippen LogP contribution in [0.3, 0.4) is 0 Å². The monoisotopic (exact) mass is 292 g/mol. The zero-order valence-corrected chi connectivity index (χ0v) is 12.8. The molecule has 0 saturated carbocycles. The van der Waals surface area contributed by atoms with Crippen LogP contribution < -0.4 is 4.40 Å². The molecule has 0 radical (unpaired) electrons. The molecule has 0 N–H and O–H groups in total. The lowest BCUT2D eigenvalue weighted by molar-refractivity contribution is -0.509. The summed E-state index contributed by atoms with van der Waals surface area (Å²) in [6.07, 6.45) is 4.36. The molecule has 23 heavy (non-hydrogen) atoms. The summed E-state index contributed by atoms with van der Waals surface area (Å²) < 4.78 is 2.28. The van der Waals surface area contributed by atoms with Crippen LogP contribution >= 0.6 is 0 Å². The summed E-state index contributed by atoms with van der Waals surface area (Å²) in [6.45, 7) is 2.23. The molecule has 0 bridgehead atoms. The van der Waals surface area contributed by atoms with Crippen LogP contribution in [-0.2, 0) is 0 Å². The first-order valence-corrected chi connectivity index (χ1v) is 8.05. The highest BCUT2D eigenvalue weighted by molar-refractivity contribution is 6.35. The zero-order valence-electron chi connectivity index (χ0n) is 12.8. The number of benzene rings is 4. The fraction of sp³-hybridized carbons (Fsp3) is 0.0455. The molecule has 0 unspecified atom stereocenters. The van der Waals surface area contributed by atoms with Crippen LogP contribution in [0.5, 0.6) is 0 Å². The number of rotatable bonds is 0. The van der Waals surface area contributed by atoms with Gasteiger partial charge in [-0.1, -0.05) is 42.5 Å². The van der Waals surface area contributed by atoms with Crippen LogP contribution in [-0.4, -0.2) is 0 Å². The molecule has 1 nitrogen and oxygen atoms in total. The molecule has 6 rings (SSSR count). The van der Waals surface area contributed by atoms with Gasteiger partial charge in [-0.3, -0.25) is 0 Å². The molecule has 0 saturated heterocycles. The Bertz CT molecular complexity index is 1350. The van der Waals surface area contributed by atoms with Gasteiger partial charge < -0.3 is 0 Å². The third-order valence-corrected chi connectivity index (χ3v) is 5.35. The van der Waals surface area contributed by atoms with Gasteiger partial charge in [0.25, 0.3) is 0 Å². The SMILES string of the molecule is Cc1ccc2ccc3cc[n+]4ccc5cccc6c1c2c3c4c56. The lowest BCUT2D eigenvalue weighted by Gasteiger charge is -2.15. The summed E-state index contributed by atoms with van der Waals surface area (Å²) in [5.41, 5.74) is 2.70. The molecule has 0 aliphatic heterocycles. The number of hydrogen-bond acceptors (Lipinski definition) is 0. The van der Waals surface area contributed by atoms with E-state index in [4.69, 9.17) is 0 Å². The summed E-state index contributed by atoms with van der Waals surface area (Å²) >= 11 is 0. The summed E-state index contributed by atoms with van der Waals surface area (Å²) in [5.74, 6) is 0. The highest BCUT2D eigenvalue weighted by Gasteiger charge is 2.21. The van der Waals surface area contributed by atoms with Gasteiger partial charge in [-0.25, -0.2) is 0 Å². The fourth-order valence-corrected chi connectivity index (χ4v) is 4.36. The van der Waals surface area contributed by atoms with E-state index in [2.05, 4.69) is 78.3 Å². The van der Waals surface area contributed by atoms with Crippen molar-refractivity contribution >= 4 is 48.6 Å². The van der Waals surface area contributed by atoms with Crippen LogP contribution in [0.25, 0.3) is 48.6 Å². The van der Waals surface area contributed by atoms with Crippen molar-refractivity contribution in [2.45, 2.75) is 6.92 Å². The Hall–Kier alpha value is -2.93. The van der Waals surface area contributed by atoms with Gasteiger partial charge in [0, 0.05) is 17.5 Å². The molecule has 0 aliphatic rings. The molecule has 1 heteroatoms. The molecule has 6 aromatic rings. The summed E-state index contributed by atoms with van der Waals surface area (Å²) in [7, 11) is 0. The topological polar surface area (TPSA) is 4.10 Å². The van der Waals surface area contributed by atoms with E-state index in [9.17, 15) is 0 Å². The van der Waals surface area contributed by atoms with Crippen molar-refractivity contribution in [3.05, 3.63) is 72.6 Å². The second kappa shape index (κ2) is 3.69. The average molecular weight is 292 g/mol. The lowest BCUT2D eigenvalue weighted by atomic mass is 9.88. The second-order valence-electron chi connectivity index (χ2n) is 6.54. The minimum absolute atomic E-state index is 1.32. The van der Waals surface area contributed by atoms with Gasteiger partial charge in [-0.2, -0.15) is 4.40 Å². The maximum absolute atomic E-state index is 2.28. The van der Waals surface area contributed by atoms with Crippen LogP contribution in [0.1, 0.15) is 5.56 Å². The molecule has 0 aliphatic carbocycles. The van der Waals surface area contributed by atoms with Crippen molar-refractivity contribution in [3.8, 4) is 0 Å². The first-order valence-electron chi connectivity index (χ1n) is 8.05. The van der Waals surface area contributed by atoms with Gasteiger partial charge in [-0.05, 0) is 39.4 Å². The molecule has 0 atom stereocenters. The largest absolute Gasteiger partial charge is 0.227 e. The molecule has 0 spiro atoms. The van der Waals surface area contributed by atoms with Crippen LogP contribution in [0.4, 0.5) is 0 Å². The van der Waals surface area contributed by atoms with E-state index in [1.54, 1.807) is 0 Å². The predicted molar refractivity (Wildman–Crippen MR) is 96.7 cm³/mol. The standard InChI is InChI=1S/C22H14N/c1-13-5-6-15-7-8-16-10-12-23-11-9-14-3-2-4-17-18(13)20(15)21(16)22(23)19(14)17/h2-12H,1H3/q+1. The third-order valence-electron chi connectivity index (χ3n) is 5.35. The minimum atomic E-state index is 1.32. The third kappa shape index (κ3) is 1.24. The molecular formula is C22H14N+. The fourth-order valence-electron chi connectivity index (χ4n) is 4.36. The number of pyridine rings is 2. The van der Waals surface area contributed by atoms with Gasteiger partial charge in [0.15, 0.2) is 12.4 Å². The van der Waals surface area contributed by atoms with E-state index in [0.29, 0.717) is 0 Å². The molecule has 106 valence electrons. The van der Waals surface area contributed by atoms with Gasteiger partial charge in [0.05, 0.1) is 10.8 Å².